The third kappa shape index (κ3) is 2.44. The van der Waals surface area contributed by atoms with Crippen molar-refractivity contribution in [1.29, 1.82) is 0 Å². The fourth-order valence-corrected chi connectivity index (χ4v) is 3.12. The van der Waals surface area contributed by atoms with E-state index < -0.39 is 0 Å². The van der Waals surface area contributed by atoms with Crippen molar-refractivity contribution in [3.8, 4) is 0 Å². The average molecular weight is 230 g/mol. The first-order chi connectivity index (χ1) is 7.48. The molecule has 2 fully saturated rings. The second kappa shape index (κ2) is 4.31. The molecule has 1 heterocycles. The number of hydrogen-bond acceptors (Lipinski definition) is 3. The Hall–Kier alpha value is 0.0574. The third-order valence-corrected chi connectivity index (χ3v) is 4.04. The zero-order valence-electron chi connectivity index (χ0n) is 11.0. The predicted molar refractivity (Wildman–Crippen MR) is 57.3 cm³/mol. The molecule has 1 saturated heterocycles. The van der Waals surface area contributed by atoms with Gasteiger partial charge in [-0.15, -0.1) is 5.76 Å². The third-order valence-electron chi connectivity index (χ3n) is 4.04. The first-order valence-corrected chi connectivity index (χ1v) is 6.14. The van der Waals surface area contributed by atoms with Gasteiger partial charge in [0.1, 0.15) is 0 Å². The van der Waals surface area contributed by atoms with Crippen molar-refractivity contribution in [2.75, 3.05) is 13.2 Å². The molecule has 17 heavy (non-hydrogen) atoms. The number of rotatable bonds is 0. The Morgan fingerprint density at radius 1 is 1.24 bits per heavy atom. The van der Waals surface area contributed by atoms with Crippen molar-refractivity contribution in [3.63, 3.8) is 0 Å². The minimum Gasteiger partial charge on any atom is -0.876 e. The van der Waals surface area contributed by atoms with Crippen LogP contribution >= 0.6 is 0 Å². The van der Waals surface area contributed by atoms with E-state index >= 15 is 0 Å². The SMILES string of the molecule is CC1(C)COC2(C[C@H]3CC([O-])=C[C@H]3C2)OC1.[Li+]. The summed E-state index contributed by atoms with van der Waals surface area (Å²) < 4.78 is 11.9. The standard InChI is InChI=1S/C13H20O3.Li/c1-12(2)7-15-13(16-8-12)5-9-3-11(14)4-10(9)6-13;/h3,9-10,14H,4-8H2,1-2H3;/q;+1/p-1/t9-,10+;/m0./s1. The molecular weight excluding hydrogens is 211 g/mol. The van der Waals surface area contributed by atoms with Gasteiger partial charge in [-0.05, 0) is 18.3 Å². The van der Waals surface area contributed by atoms with E-state index in [1.54, 1.807) is 0 Å². The minimum atomic E-state index is -0.373. The van der Waals surface area contributed by atoms with Crippen LogP contribution in [0, 0.1) is 17.3 Å². The molecule has 0 aromatic heterocycles. The van der Waals surface area contributed by atoms with Gasteiger partial charge in [-0.25, -0.2) is 0 Å². The molecule has 2 aliphatic carbocycles. The van der Waals surface area contributed by atoms with Crippen LogP contribution in [0.4, 0.5) is 0 Å². The van der Waals surface area contributed by atoms with E-state index in [2.05, 4.69) is 13.8 Å². The van der Waals surface area contributed by atoms with Crippen molar-refractivity contribution in [2.24, 2.45) is 17.3 Å². The normalized spacial score (nSPS) is 37.4. The Morgan fingerprint density at radius 3 is 2.47 bits per heavy atom. The summed E-state index contributed by atoms with van der Waals surface area (Å²) in [4.78, 5) is 0. The first kappa shape index (κ1) is 13.5. The molecule has 0 aromatic carbocycles. The molecule has 0 amide bonds. The molecule has 2 atom stereocenters. The Balaban J connectivity index is 0.00000108. The van der Waals surface area contributed by atoms with Crippen molar-refractivity contribution < 1.29 is 33.4 Å². The largest absolute Gasteiger partial charge is 1.00 e. The Kier molecular flexibility index (Phi) is 3.42. The van der Waals surface area contributed by atoms with Gasteiger partial charge in [-0.3, -0.25) is 0 Å². The van der Waals surface area contributed by atoms with Crippen molar-refractivity contribution >= 4 is 0 Å². The summed E-state index contributed by atoms with van der Waals surface area (Å²) in [5, 5.41) is 11.3. The molecule has 1 saturated carbocycles. The van der Waals surface area contributed by atoms with E-state index in [0.29, 0.717) is 24.0 Å². The predicted octanol–water partition coefficient (Wildman–Crippen LogP) is -1.57. The number of allylic oxidation sites excluding steroid dienone is 2. The quantitative estimate of drug-likeness (QED) is 0.472. The van der Waals surface area contributed by atoms with Gasteiger partial charge in [0.15, 0.2) is 5.79 Å². The maximum absolute atomic E-state index is 11.3. The van der Waals surface area contributed by atoms with Crippen LogP contribution in [-0.4, -0.2) is 19.0 Å². The van der Waals surface area contributed by atoms with E-state index in [1.807, 2.05) is 6.08 Å². The van der Waals surface area contributed by atoms with E-state index in [0.717, 1.165) is 26.1 Å². The summed E-state index contributed by atoms with van der Waals surface area (Å²) in [6.07, 6.45) is 4.35. The van der Waals surface area contributed by atoms with Crippen molar-refractivity contribution in [2.45, 2.75) is 38.9 Å². The van der Waals surface area contributed by atoms with Gasteiger partial charge in [0.25, 0.3) is 0 Å². The van der Waals surface area contributed by atoms with Crippen molar-refractivity contribution in [3.05, 3.63) is 11.8 Å². The van der Waals surface area contributed by atoms with E-state index in [-0.39, 0.29) is 30.1 Å². The van der Waals surface area contributed by atoms with Crippen LogP contribution in [0.15, 0.2) is 11.8 Å². The molecule has 90 valence electrons. The summed E-state index contributed by atoms with van der Waals surface area (Å²) >= 11 is 0. The second-order valence-electron chi connectivity index (χ2n) is 6.32. The number of hydrogen-bond donors (Lipinski definition) is 0. The molecule has 0 radical (unpaired) electrons. The molecule has 1 aliphatic heterocycles. The van der Waals surface area contributed by atoms with Gasteiger partial charge >= 0.3 is 18.9 Å². The molecule has 0 N–H and O–H groups in total. The minimum absolute atomic E-state index is 0. The Morgan fingerprint density at radius 2 is 1.88 bits per heavy atom. The summed E-state index contributed by atoms with van der Waals surface area (Å²) in [5.74, 6) is 0.797. The van der Waals surface area contributed by atoms with Crippen LogP contribution in [0.25, 0.3) is 0 Å². The Bertz CT molecular complexity index is 328. The molecule has 1 spiro atoms. The van der Waals surface area contributed by atoms with Gasteiger partial charge < -0.3 is 14.6 Å². The molecule has 3 aliphatic rings. The maximum Gasteiger partial charge on any atom is 1.00 e. The van der Waals surface area contributed by atoms with Gasteiger partial charge in [-0.1, -0.05) is 19.9 Å². The maximum atomic E-state index is 11.3. The van der Waals surface area contributed by atoms with Gasteiger partial charge in [-0.2, -0.15) is 0 Å². The van der Waals surface area contributed by atoms with Crippen molar-refractivity contribution in [1.82, 2.24) is 0 Å². The van der Waals surface area contributed by atoms with Crippen LogP contribution < -0.4 is 24.0 Å². The van der Waals surface area contributed by atoms with Crippen LogP contribution in [-0.2, 0) is 9.47 Å². The number of fused-ring (bicyclic) bond motifs is 1. The Labute approximate surface area is 115 Å². The van der Waals surface area contributed by atoms with Crippen LogP contribution in [0.1, 0.15) is 33.1 Å². The molecule has 4 heteroatoms. The second-order valence-corrected chi connectivity index (χ2v) is 6.32. The van der Waals surface area contributed by atoms with Gasteiger partial charge in [0.05, 0.1) is 13.2 Å². The monoisotopic (exact) mass is 230 g/mol. The van der Waals surface area contributed by atoms with Crippen LogP contribution in [0.2, 0.25) is 0 Å². The smallest absolute Gasteiger partial charge is 0.876 e. The fourth-order valence-electron chi connectivity index (χ4n) is 3.12. The zero-order valence-corrected chi connectivity index (χ0v) is 11.0. The molecule has 0 bridgehead atoms. The van der Waals surface area contributed by atoms with E-state index in [4.69, 9.17) is 9.47 Å². The summed E-state index contributed by atoms with van der Waals surface area (Å²) in [6.45, 7) is 5.84. The zero-order chi connectivity index (χ0) is 11.4. The summed E-state index contributed by atoms with van der Waals surface area (Å²) in [6, 6.07) is 0. The first-order valence-electron chi connectivity index (χ1n) is 6.14. The molecule has 0 unspecified atom stereocenters. The van der Waals surface area contributed by atoms with Gasteiger partial charge in [0, 0.05) is 18.3 Å². The van der Waals surface area contributed by atoms with Crippen LogP contribution in [0.3, 0.4) is 0 Å². The van der Waals surface area contributed by atoms with Crippen LogP contribution in [0.5, 0.6) is 0 Å². The topological polar surface area (TPSA) is 41.5 Å². The molecular formula is C13H19LiO3. The molecule has 3 rings (SSSR count). The van der Waals surface area contributed by atoms with E-state index in [1.165, 1.54) is 0 Å². The average Bonchev–Trinajstić information content (AvgIpc) is 2.66. The van der Waals surface area contributed by atoms with Gasteiger partial charge in [0.2, 0.25) is 0 Å². The fraction of sp³-hybridized carbons (Fsp3) is 0.846. The summed E-state index contributed by atoms with van der Waals surface area (Å²) in [5.41, 5.74) is 0.127. The molecule has 3 nitrogen and oxygen atoms in total. The van der Waals surface area contributed by atoms with E-state index in [9.17, 15) is 5.11 Å². The summed E-state index contributed by atoms with van der Waals surface area (Å²) in [7, 11) is 0. The number of ether oxygens (including phenoxy) is 2. The molecule has 0 aromatic rings.